The number of nitriles is 1. The van der Waals surface area contributed by atoms with Gasteiger partial charge >= 0.3 is 0 Å². The average Bonchev–Trinajstić information content (AvgIpc) is 3.00. The smallest absolute Gasteiger partial charge is 0.238 e. The summed E-state index contributed by atoms with van der Waals surface area (Å²) in [5.74, 6) is 0.927. The lowest BCUT2D eigenvalue weighted by Gasteiger charge is -2.18. The lowest BCUT2D eigenvalue weighted by molar-refractivity contribution is 0.160. The summed E-state index contributed by atoms with van der Waals surface area (Å²) < 4.78 is 28.5. The molecule has 1 saturated carbocycles. The van der Waals surface area contributed by atoms with Crippen LogP contribution in [0.3, 0.4) is 0 Å². The summed E-state index contributed by atoms with van der Waals surface area (Å²) in [5, 5.41) is 17.3. The van der Waals surface area contributed by atoms with E-state index in [2.05, 4.69) is 22.2 Å². The van der Waals surface area contributed by atoms with Gasteiger partial charge in [0.05, 0.1) is 11.1 Å². The molecule has 0 radical (unpaired) electrons. The standard InChI is InChI=1S/C17H19N5O3S/c1-11-3-2-4-15(11)25-16-12(9-18)10-20-17(22-16)21-13-5-7-14(8-6-13)26(19,23)24/h5-8,10-11,15H,2-4H2,1H3,(H2,19,23,24)(H,20,21,22). The predicted molar refractivity (Wildman–Crippen MR) is 95.3 cm³/mol. The van der Waals surface area contributed by atoms with Crippen LogP contribution in [-0.4, -0.2) is 24.5 Å². The summed E-state index contributed by atoms with van der Waals surface area (Å²) in [5.41, 5.74) is 0.863. The van der Waals surface area contributed by atoms with Crippen LogP contribution in [0, 0.1) is 17.2 Å². The number of ether oxygens (including phenoxy) is 1. The Morgan fingerprint density at radius 1 is 1.31 bits per heavy atom. The van der Waals surface area contributed by atoms with E-state index in [4.69, 9.17) is 9.88 Å². The maximum Gasteiger partial charge on any atom is 0.238 e. The Hall–Kier alpha value is -2.70. The topological polar surface area (TPSA) is 131 Å². The number of nitrogens with two attached hydrogens (primary N) is 1. The normalized spacial score (nSPS) is 19.7. The monoisotopic (exact) mass is 373 g/mol. The number of rotatable bonds is 5. The molecule has 0 bridgehead atoms. The minimum absolute atomic E-state index is 0.0167. The zero-order valence-electron chi connectivity index (χ0n) is 14.2. The van der Waals surface area contributed by atoms with Crippen molar-refractivity contribution in [1.82, 2.24) is 9.97 Å². The van der Waals surface area contributed by atoms with Gasteiger partial charge in [-0.1, -0.05) is 6.92 Å². The van der Waals surface area contributed by atoms with E-state index >= 15 is 0 Å². The number of anilines is 2. The zero-order valence-corrected chi connectivity index (χ0v) is 15.0. The first kappa shape index (κ1) is 18.1. The van der Waals surface area contributed by atoms with Crippen LogP contribution in [0.4, 0.5) is 11.6 Å². The maximum atomic E-state index is 11.3. The van der Waals surface area contributed by atoms with Gasteiger partial charge in [-0.3, -0.25) is 0 Å². The average molecular weight is 373 g/mol. The van der Waals surface area contributed by atoms with Crippen LogP contribution in [0.1, 0.15) is 31.7 Å². The van der Waals surface area contributed by atoms with Crippen molar-refractivity contribution < 1.29 is 13.2 Å². The molecule has 2 unspecified atom stereocenters. The van der Waals surface area contributed by atoms with E-state index < -0.39 is 10.0 Å². The summed E-state index contributed by atoms with van der Waals surface area (Å²) in [6.45, 7) is 2.12. The Morgan fingerprint density at radius 3 is 2.62 bits per heavy atom. The minimum Gasteiger partial charge on any atom is -0.473 e. The third-order valence-corrected chi connectivity index (χ3v) is 5.29. The van der Waals surface area contributed by atoms with Gasteiger partial charge in [0.1, 0.15) is 17.7 Å². The van der Waals surface area contributed by atoms with Crippen molar-refractivity contribution >= 4 is 21.7 Å². The van der Waals surface area contributed by atoms with E-state index in [1.165, 1.54) is 18.3 Å². The molecular weight excluding hydrogens is 354 g/mol. The molecule has 1 heterocycles. The Balaban J connectivity index is 1.80. The zero-order chi connectivity index (χ0) is 18.7. The molecule has 8 nitrogen and oxygen atoms in total. The first-order valence-electron chi connectivity index (χ1n) is 8.20. The molecule has 3 N–H and O–H groups in total. The molecule has 0 aliphatic heterocycles. The molecule has 2 aromatic rings. The molecule has 1 aromatic heterocycles. The van der Waals surface area contributed by atoms with E-state index in [9.17, 15) is 13.7 Å². The molecule has 0 saturated heterocycles. The molecule has 9 heteroatoms. The van der Waals surface area contributed by atoms with Gasteiger partial charge in [0.15, 0.2) is 0 Å². The molecule has 26 heavy (non-hydrogen) atoms. The van der Waals surface area contributed by atoms with Crippen LogP contribution < -0.4 is 15.2 Å². The number of sulfonamides is 1. The summed E-state index contributed by atoms with van der Waals surface area (Å²) in [6.07, 6.45) is 4.58. The second-order valence-electron chi connectivity index (χ2n) is 6.28. The maximum absolute atomic E-state index is 11.3. The highest BCUT2D eigenvalue weighted by molar-refractivity contribution is 7.89. The third kappa shape index (κ3) is 4.09. The van der Waals surface area contributed by atoms with Gasteiger partial charge in [-0.25, -0.2) is 18.5 Å². The van der Waals surface area contributed by atoms with Gasteiger partial charge in [-0.05, 0) is 49.4 Å². The fourth-order valence-electron chi connectivity index (χ4n) is 2.88. The second-order valence-corrected chi connectivity index (χ2v) is 7.84. The summed E-state index contributed by atoms with van der Waals surface area (Å²) >= 11 is 0. The van der Waals surface area contributed by atoms with Gasteiger partial charge in [0, 0.05) is 5.69 Å². The summed E-state index contributed by atoms with van der Waals surface area (Å²) in [6, 6.07) is 7.93. The highest BCUT2D eigenvalue weighted by Gasteiger charge is 2.26. The highest BCUT2D eigenvalue weighted by Crippen LogP contribution is 2.30. The number of hydrogen-bond acceptors (Lipinski definition) is 7. The predicted octanol–water partition coefficient (Wildman–Crippen LogP) is 2.31. The van der Waals surface area contributed by atoms with Crippen molar-refractivity contribution in [1.29, 1.82) is 5.26 Å². The molecule has 0 spiro atoms. The van der Waals surface area contributed by atoms with Crippen LogP contribution in [-0.2, 0) is 10.0 Å². The Bertz CT molecular complexity index is 938. The van der Waals surface area contributed by atoms with Gasteiger partial charge in [0.25, 0.3) is 0 Å². The van der Waals surface area contributed by atoms with Gasteiger partial charge < -0.3 is 10.1 Å². The molecule has 136 valence electrons. The van der Waals surface area contributed by atoms with E-state index in [1.54, 1.807) is 12.1 Å². The van der Waals surface area contributed by atoms with E-state index in [1.807, 2.05) is 6.07 Å². The number of nitrogens with one attached hydrogen (secondary N) is 1. The van der Waals surface area contributed by atoms with Crippen molar-refractivity contribution in [3.63, 3.8) is 0 Å². The molecular formula is C17H19N5O3S. The SMILES string of the molecule is CC1CCCC1Oc1nc(Nc2ccc(S(N)(=O)=O)cc2)ncc1C#N. The first-order valence-corrected chi connectivity index (χ1v) is 9.75. The van der Waals surface area contributed by atoms with Crippen molar-refractivity contribution in [3.05, 3.63) is 36.0 Å². The van der Waals surface area contributed by atoms with Crippen LogP contribution in [0.25, 0.3) is 0 Å². The molecule has 1 aromatic carbocycles. The first-order chi connectivity index (χ1) is 12.4. The van der Waals surface area contributed by atoms with Crippen LogP contribution >= 0.6 is 0 Å². The lowest BCUT2D eigenvalue weighted by Crippen LogP contribution is -2.20. The Labute approximate surface area is 152 Å². The van der Waals surface area contributed by atoms with Crippen molar-refractivity contribution in [2.45, 2.75) is 37.2 Å². The van der Waals surface area contributed by atoms with E-state index in [0.717, 1.165) is 19.3 Å². The molecule has 1 fully saturated rings. The highest BCUT2D eigenvalue weighted by atomic mass is 32.2. The molecule has 0 amide bonds. The lowest BCUT2D eigenvalue weighted by atomic mass is 10.1. The number of nitrogens with zero attached hydrogens (tertiary/aromatic N) is 3. The number of benzene rings is 1. The Morgan fingerprint density at radius 2 is 2.04 bits per heavy atom. The quantitative estimate of drug-likeness (QED) is 0.822. The van der Waals surface area contributed by atoms with Crippen LogP contribution in [0.2, 0.25) is 0 Å². The van der Waals surface area contributed by atoms with Gasteiger partial charge in [0.2, 0.25) is 21.9 Å². The Kier molecular flexibility index (Phi) is 5.06. The molecule has 3 rings (SSSR count). The van der Waals surface area contributed by atoms with Crippen molar-refractivity contribution in [2.75, 3.05) is 5.32 Å². The third-order valence-electron chi connectivity index (χ3n) is 4.36. The number of hydrogen-bond donors (Lipinski definition) is 2. The fourth-order valence-corrected chi connectivity index (χ4v) is 3.40. The minimum atomic E-state index is -3.74. The molecule has 1 aliphatic rings. The van der Waals surface area contributed by atoms with Gasteiger partial charge in [-0.2, -0.15) is 10.2 Å². The largest absolute Gasteiger partial charge is 0.473 e. The van der Waals surface area contributed by atoms with E-state index in [0.29, 0.717) is 11.6 Å². The molecule has 1 aliphatic carbocycles. The van der Waals surface area contributed by atoms with Crippen molar-refractivity contribution in [2.24, 2.45) is 11.1 Å². The second kappa shape index (κ2) is 7.27. The summed E-state index contributed by atoms with van der Waals surface area (Å²) in [7, 11) is -3.74. The number of aromatic nitrogens is 2. The van der Waals surface area contributed by atoms with Crippen molar-refractivity contribution in [3.8, 4) is 11.9 Å². The van der Waals surface area contributed by atoms with Crippen LogP contribution in [0.15, 0.2) is 35.4 Å². The number of primary sulfonamides is 1. The summed E-state index contributed by atoms with van der Waals surface area (Å²) in [4.78, 5) is 8.42. The molecule has 2 atom stereocenters. The van der Waals surface area contributed by atoms with Crippen LogP contribution in [0.5, 0.6) is 5.88 Å². The fraction of sp³-hybridized carbons (Fsp3) is 0.353. The van der Waals surface area contributed by atoms with E-state index in [-0.39, 0.29) is 28.4 Å². The van der Waals surface area contributed by atoms with Gasteiger partial charge in [-0.15, -0.1) is 0 Å².